The van der Waals surface area contributed by atoms with Gasteiger partial charge in [-0.15, -0.1) is 0 Å². The van der Waals surface area contributed by atoms with Crippen molar-refractivity contribution in [1.82, 2.24) is 20.0 Å². The standard InChI is InChI=1S/C5H10BrF2O3P.C4H2BrF2IN2.C3H2BrIN2.FH.K/c1-3-10-12(9,11-4-2)5(6,7)8;5-3-2(8)1-10(9-3)4(6)7;4-3-2(5)1-6-7-3;;/h3-4H2,1-2H3;1,4H;1H,(H,6,7);1H;/q;;;;+1/p-1. The number of rotatable bonds is 6. The zero-order valence-electron chi connectivity index (χ0n) is 15.9. The summed E-state index contributed by atoms with van der Waals surface area (Å²) in [7, 11) is -4.32. The number of hydrogen-bond acceptors (Lipinski definition) is 5. The molecule has 0 aliphatic rings. The van der Waals surface area contributed by atoms with E-state index in [0.717, 1.165) is 8.17 Å². The smallest absolute Gasteiger partial charge is 1.00 e. The number of nitrogens with zero attached hydrogens (tertiary/aromatic N) is 3. The maximum absolute atomic E-state index is 12.5. The summed E-state index contributed by atoms with van der Waals surface area (Å²) in [5.74, 6) is 0. The summed E-state index contributed by atoms with van der Waals surface area (Å²) in [5, 5.41) is 9.95. The zero-order chi connectivity index (χ0) is 22.8. The van der Waals surface area contributed by atoms with Crippen molar-refractivity contribution >= 4 is 101 Å². The quantitative estimate of drug-likeness (QED) is 0.157. The van der Waals surface area contributed by atoms with Crippen LogP contribution in [0.5, 0.6) is 0 Å². The molecule has 2 heterocycles. The van der Waals surface area contributed by atoms with Crippen molar-refractivity contribution in [3.8, 4) is 0 Å². The molecule has 2 aromatic rings. The predicted octanol–water partition coefficient (Wildman–Crippen LogP) is 1.63. The van der Waals surface area contributed by atoms with E-state index in [2.05, 4.69) is 78.8 Å². The molecule has 0 aromatic carbocycles. The molecule has 0 aliphatic carbocycles. The number of H-pyrrole nitrogens is 1. The van der Waals surface area contributed by atoms with E-state index in [1.165, 1.54) is 20.0 Å². The van der Waals surface area contributed by atoms with Crippen molar-refractivity contribution in [1.29, 1.82) is 0 Å². The second-order valence-corrected chi connectivity index (χ2v) is 11.9. The van der Waals surface area contributed by atoms with Crippen LogP contribution in [0.25, 0.3) is 0 Å². The fraction of sp³-hybridized carbons (Fsp3) is 0.500. The van der Waals surface area contributed by atoms with Crippen LogP contribution in [0, 0.1) is 7.14 Å². The number of hydrogen-bond donors (Lipinski definition) is 1. The molecule has 0 radical (unpaired) electrons. The largest absolute Gasteiger partial charge is 1.00 e. The van der Waals surface area contributed by atoms with Crippen LogP contribution in [0.1, 0.15) is 20.4 Å². The second kappa shape index (κ2) is 18.9. The summed E-state index contributed by atoms with van der Waals surface area (Å²) >= 11 is 12.3. The van der Waals surface area contributed by atoms with Crippen LogP contribution in [0.4, 0.5) is 17.6 Å². The van der Waals surface area contributed by atoms with Gasteiger partial charge in [0.2, 0.25) is 0 Å². The summed E-state index contributed by atoms with van der Waals surface area (Å²) in [6.07, 6.45) is 3.03. The van der Waals surface area contributed by atoms with Gasteiger partial charge in [0.25, 0.3) is 0 Å². The van der Waals surface area contributed by atoms with E-state index in [1.807, 2.05) is 38.5 Å². The summed E-state index contributed by atoms with van der Waals surface area (Å²) in [6, 6.07) is 0. The molecule has 7 nitrogen and oxygen atoms in total. The molecule has 19 heteroatoms. The van der Waals surface area contributed by atoms with E-state index in [9.17, 15) is 22.1 Å². The third-order valence-electron chi connectivity index (χ3n) is 2.30. The molecule has 0 atom stereocenters. The molecule has 0 saturated heterocycles. The summed E-state index contributed by atoms with van der Waals surface area (Å²) in [5.41, 5.74) is 0. The van der Waals surface area contributed by atoms with E-state index >= 15 is 0 Å². The maximum Gasteiger partial charge on any atom is 1.00 e. The van der Waals surface area contributed by atoms with Gasteiger partial charge in [0, 0.05) is 22.1 Å². The van der Waals surface area contributed by atoms with Gasteiger partial charge < -0.3 is 13.8 Å². The summed E-state index contributed by atoms with van der Waals surface area (Å²) < 4.78 is 68.9. The normalized spacial score (nSPS) is 10.8. The average Bonchev–Trinajstić information content (AvgIpc) is 3.14. The Kier molecular flexibility index (Phi) is 23.4. The third-order valence-corrected chi connectivity index (χ3v) is 9.71. The molecule has 0 unspecified atom stereocenters. The van der Waals surface area contributed by atoms with Crippen molar-refractivity contribution in [2.75, 3.05) is 13.2 Å². The zero-order valence-corrected chi connectivity index (χ0v) is 29.0. The van der Waals surface area contributed by atoms with Gasteiger partial charge in [-0.25, -0.2) is 4.68 Å². The number of aromatic amines is 1. The molecule has 0 bridgehead atoms. The monoisotopic (exact) mass is 918 g/mol. The van der Waals surface area contributed by atoms with Crippen molar-refractivity contribution in [2.24, 2.45) is 0 Å². The molecule has 0 fully saturated rings. The number of nitrogens with one attached hydrogen (secondary N) is 1. The third kappa shape index (κ3) is 14.8. The molecule has 2 aromatic heterocycles. The fourth-order valence-corrected chi connectivity index (χ4v) is 4.03. The van der Waals surface area contributed by atoms with Gasteiger partial charge in [0.15, 0.2) is 0 Å². The van der Waals surface area contributed by atoms with Gasteiger partial charge in [-0.1, -0.05) is 0 Å². The number of halogens is 10. The Morgan fingerprint density at radius 1 is 1.23 bits per heavy atom. The predicted molar refractivity (Wildman–Crippen MR) is 128 cm³/mol. The molecule has 2 rings (SSSR count). The first-order valence-electron chi connectivity index (χ1n) is 7.27. The first-order chi connectivity index (χ1) is 13.3. The van der Waals surface area contributed by atoms with Gasteiger partial charge in [-0.3, -0.25) is 9.66 Å². The average molecular weight is 921 g/mol. The minimum absolute atomic E-state index is 0. The first-order valence-corrected chi connectivity index (χ1v) is 13.4. The van der Waals surface area contributed by atoms with Crippen LogP contribution in [0.3, 0.4) is 0 Å². The van der Waals surface area contributed by atoms with Crippen LogP contribution in [0.2, 0.25) is 0 Å². The number of aromatic nitrogens is 4. The number of alkyl halides is 5. The van der Waals surface area contributed by atoms with Crippen molar-refractivity contribution < 1.29 is 87.3 Å². The van der Waals surface area contributed by atoms with Crippen molar-refractivity contribution in [3.05, 3.63) is 28.7 Å². The Morgan fingerprint density at radius 2 is 1.71 bits per heavy atom. The van der Waals surface area contributed by atoms with Crippen LogP contribution in [-0.2, 0) is 13.6 Å². The molecule has 1 N–H and O–H groups in total. The Balaban J connectivity index is -0.000000377. The summed E-state index contributed by atoms with van der Waals surface area (Å²) in [4.78, 5) is 0. The van der Waals surface area contributed by atoms with Gasteiger partial charge >= 0.3 is 70.1 Å². The first kappa shape index (κ1) is 38.3. The van der Waals surface area contributed by atoms with Crippen LogP contribution >= 0.6 is 101 Å². The van der Waals surface area contributed by atoms with Gasteiger partial charge in [0.05, 0.1) is 26.6 Å². The molecule has 0 spiro atoms. The van der Waals surface area contributed by atoms with E-state index < -0.39 is 18.7 Å². The van der Waals surface area contributed by atoms with Crippen LogP contribution < -0.4 is 56.1 Å². The van der Waals surface area contributed by atoms with Crippen LogP contribution in [0.15, 0.2) is 21.6 Å². The topological polar surface area (TPSA) is 82.0 Å². The molecule has 176 valence electrons. The second-order valence-electron chi connectivity index (χ2n) is 4.36. The Bertz CT molecular complexity index is 758. The Hall–Kier alpha value is 2.76. The molecule has 0 aliphatic heterocycles. The van der Waals surface area contributed by atoms with Crippen molar-refractivity contribution in [3.63, 3.8) is 0 Å². The minimum atomic E-state index is -4.32. The van der Waals surface area contributed by atoms with Crippen molar-refractivity contribution in [2.45, 2.75) is 25.0 Å². The van der Waals surface area contributed by atoms with E-state index in [0.29, 0.717) is 12.9 Å². The molecular formula is C12H14Br3F5I2KN4O3P. The molecular weight excluding hydrogens is 907 g/mol. The Morgan fingerprint density at radius 3 is 1.87 bits per heavy atom. The van der Waals surface area contributed by atoms with E-state index in [-0.39, 0.29) is 69.3 Å². The SMILES string of the molecule is Brc1[nH]ncc1I.CCOP(=O)(OCC)C(F)(F)Br.FC(F)n1cc(I)c(Br)n1.[F-].[K+]. The maximum atomic E-state index is 12.5. The van der Waals surface area contributed by atoms with E-state index in [4.69, 9.17) is 0 Å². The van der Waals surface area contributed by atoms with Gasteiger partial charge in [0.1, 0.15) is 9.21 Å². The molecule has 0 amide bonds. The molecule has 31 heavy (non-hydrogen) atoms. The van der Waals surface area contributed by atoms with E-state index in [1.54, 1.807) is 6.20 Å². The fourth-order valence-electron chi connectivity index (χ4n) is 1.23. The Labute approximate surface area is 270 Å². The minimum Gasteiger partial charge on any atom is -1.00 e. The molecule has 0 saturated carbocycles. The van der Waals surface area contributed by atoms with Gasteiger partial charge in [-0.05, 0) is 90.9 Å². The summed E-state index contributed by atoms with van der Waals surface area (Å²) in [6.45, 7) is 0.200. The van der Waals surface area contributed by atoms with Crippen LogP contribution in [-0.4, -0.2) is 37.8 Å². The van der Waals surface area contributed by atoms with Gasteiger partial charge in [-0.2, -0.15) is 27.8 Å².